The number of benzene rings is 2. The summed E-state index contributed by atoms with van der Waals surface area (Å²) in [4.78, 5) is 0. The van der Waals surface area contributed by atoms with Crippen molar-refractivity contribution >= 4 is 43.5 Å². The molecule has 0 atom stereocenters. The van der Waals surface area contributed by atoms with Crippen LogP contribution in [0.15, 0.2) is 45.3 Å². The van der Waals surface area contributed by atoms with Crippen molar-refractivity contribution in [3.05, 3.63) is 61.5 Å². The molecule has 0 aromatic heterocycles. The van der Waals surface area contributed by atoms with Crippen molar-refractivity contribution in [1.29, 1.82) is 0 Å². The second kappa shape index (κ2) is 6.75. The van der Waals surface area contributed by atoms with E-state index in [-0.39, 0.29) is 6.61 Å². The van der Waals surface area contributed by atoms with E-state index in [1.807, 2.05) is 36.4 Å². The van der Waals surface area contributed by atoms with Gasteiger partial charge in [0.15, 0.2) is 0 Å². The van der Waals surface area contributed by atoms with Gasteiger partial charge in [-0.1, -0.05) is 39.7 Å². The summed E-state index contributed by atoms with van der Waals surface area (Å²) in [6.07, 6.45) is 0. The minimum Gasteiger partial charge on any atom is -0.487 e. The molecule has 0 saturated carbocycles. The van der Waals surface area contributed by atoms with Gasteiger partial charge in [0.2, 0.25) is 0 Å². The van der Waals surface area contributed by atoms with Crippen LogP contribution in [0.25, 0.3) is 0 Å². The van der Waals surface area contributed by atoms with E-state index in [0.717, 1.165) is 20.1 Å². The fourth-order valence-corrected chi connectivity index (χ4v) is 3.18. The van der Waals surface area contributed by atoms with Crippen LogP contribution in [0.3, 0.4) is 0 Å². The monoisotopic (exact) mass is 404 g/mol. The molecule has 0 heterocycles. The third-order valence-electron chi connectivity index (χ3n) is 2.55. The van der Waals surface area contributed by atoms with Crippen molar-refractivity contribution in [2.24, 2.45) is 0 Å². The first-order chi connectivity index (χ1) is 9.10. The number of aliphatic hydroxyl groups is 1. The Morgan fingerprint density at radius 2 is 1.79 bits per heavy atom. The van der Waals surface area contributed by atoms with E-state index in [0.29, 0.717) is 17.4 Å². The molecule has 0 spiro atoms. The lowest BCUT2D eigenvalue weighted by atomic mass is 10.2. The van der Waals surface area contributed by atoms with Gasteiger partial charge in [-0.25, -0.2) is 0 Å². The lowest BCUT2D eigenvalue weighted by Gasteiger charge is -2.13. The summed E-state index contributed by atoms with van der Waals surface area (Å²) in [5, 5.41) is 10.1. The molecular weight excluding hydrogens is 395 g/mol. The summed E-state index contributed by atoms with van der Waals surface area (Å²) in [7, 11) is 0. The van der Waals surface area contributed by atoms with E-state index in [9.17, 15) is 5.11 Å². The standard InChI is InChI=1S/C14H11Br2ClO2/c15-11-5-10(7-18)14(13(16)6-11)19-8-9-1-3-12(17)4-2-9/h1-6,18H,7-8H2. The van der Waals surface area contributed by atoms with Gasteiger partial charge >= 0.3 is 0 Å². The molecule has 0 aliphatic heterocycles. The van der Waals surface area contributed by atoms with Crippen LogP contribution >= 0.6 is 43.5 Å². The van der Waals surface area contributed by atoms with Crippen molar-refractivity contribution in [1.82, 2.24) is 0 Å². The summed E-state index contributed by atoms with van der Waals surface area (Å²) in [5.41, 5.74) is 1.75. The highest BCUT2D eigenvalue weighted by Crippen LogP contribution is 2.33. The molecule has 100 valence electrons. The van der Waals surface area contributed by atoms with Crippen LogP contribution in [-0.4, -0.2) is 5.11 Å². The van der Waals surface area contributed by atoms with Gasteiger partial charge in [-0.3, -0.25) is 0 Å². The Morgan fingerprint density at radius 1 is 1.11 bits per heavy atom. The second-order valence-electron chi connectivity index (χ2n) is 3.95. The van der Waals surface area contributed by atoms with Gasteiger partial charge < -0.3 is 9.84 Å². The maximum Gasteiger partial charge on any atom is 0.139 e. The maximum absolute atomic E-state index is 9.36. The van der Waals surface area contributed by atoms with Crippen molar-refractivity contribution in [3.8, 4) is 5.75 Å². The van der Waals surface area contributed by atoms with E-state index < -0.39 is 0 Å². The number of hydrogen-bond acceptors (Lipinski definition) is 2. The predicted molar refractivity (Wildman–Crippen MR) is 83.5 cm³/mol. The van der Waals surface area contributed by atoms with Gasteiger partial charge in [0.1, 0.15) is 12.4 Å². The molecule has 2 nitrogen and oxygen atoms in total. The summed E-state index contributed by atoms with van der Waals surface area (Å²) < 4.78 is 7.47. The van der Waals surface area contributed by atoms with Gasteiger partial charge in [-0.05, 0) is 45.8 Å². The number of halogens is 3. The molecule has 0 bridgehead atoms. The molecule has 0 radical (unpaired) electrons. The van der Waals surface area contributed by atoms with Crippen LogP contribution in [0.2, 0.25) is 5.02 Å². The Balaban J connectivity index is 2.17. The third kappa shape index (κ3) is 3.96. The van der Waals surface area contributed by atoms with Crippen LogP contribution in [0.1, 0.15) is 11.1 Å². The van der Waals surface area contributed by atoms with Crippen LogP contribution < -0.4 is 4.74 Å². The number of aliphatic hydroxyl groups excluding tert-OH is 1. The van der Waals surface area contributed by atoms with E-state index >= 15 is 0 Å². The first-order valence-corrected chi connectivity index (χ1v) is 7.52. The minimum absolute atomic E-state index is 0.0754. The number of ether oxygens (including phenoxy) is 1. The lowest BCUT2D eigenvalue weighted by Crippen LogP contribution is -2.00. The molecule has 19 heavy (non-hydrogen) atoms. The lowest BCUT2D eigenvalue weighted by molar-refractivity contribution is 0.258. The molecule has 0 saturated heterocycles. The Morgan fingerprint density at radius 3 is 2.42 bits per heavy atom. The van der Waals surface area contributed by atoms with Crippen LogP contribution in [-0.2, 0) is 13.2 Å². The second-order valence-corrected chi connectivity index (χ2v) is 6.16. The van der Waals surface area contributed by atoms with Crippen molar-refractivity contribution < 1.29 is 9.84 Å². The Bertz CT molecular complexity index is 570. The fourth-order valence-electron chi connectivity index (χ4n) is 1.63. The summed E-state index contributed by atoms with van der Waals surface area (Å²) >= 11 is 12.6. The Kier molecular flexibility index (Phi) is 5.28. The molecule has 0 aliphatic rings. The van der Waals surface area contributed by atoms with E-state index in [4.69, 9.17) is 16.3 Å². The molecule has 2 aromatic carbocycles. The van der Waals surface area contributed by atoms with Crippen LogP contribution in [0.4, 0.5) is 0 Å². The van der Waals surface area contributed by atoms with Gasteiger partial charge in [0.05, 0.1) is 11.1 Å². The van der Waals surface area contributed by atoms with Crippen LogP contribution in [0.5, 0.6) is 5.75 Å². The zero-order valence-electron chi connectivity index (χ0n) is 9.87. The molecular formula is C14H11Br2ClO2. The molecule has 1 N–H and O–H groups in total. The van der Waals surface area contributed by atoms with E-state index in [2.05, 4.69) is 31.9 Å². The Labute approximate surface area is 133 Å². The van der Waals surface area contributed by atoms with E-state index in [1.54, 1.807) is 0 Å². The average molecular weight is 407 g/mol. The van der Waals surface area contributed by atoms with Gasteiger partial charge in [0.25, 0.3) is 0 Å². The fraction of sp³-hybridized carbons (Fsp3) is 0.143. The first kappa shape index (κ1) is 14.9. The average Bonchev–Trinajstić information content (AvgIpc) is 2.39. The largest absolute Gasteiger partial charge is 0.487 e. The summed E-state index contributed by atoms with van der Waals surface area (Å²) in [6.45, 7) is 0.346. The number of hydrogen-bond donors (Lipinski definition) is 1. The molecule has 0 aliphatic carbocycles. The smallest absolute Gasteiger partial charge is 0.139 e. The zero-order valence-corrected chi connectivity index (χ0v) is 13.8. The first-order valence-electron chi connectivity index (χ1n) is 5.56. The molecule has 2 aromatic rings. The van der Waals surface area contributed by atoms with Crippen molar-refractivity contribution in [2.45, 2.75) is 13.2 Å². The van der Waals surface area contributed by atoms with Gasteiger partial charge in [-0.2, -0.15) is 0 Å². The highest BCUT2D eigenvalue weighted by molar-refractivity contribution is 9.11. The molecule has 5 heteroatoms. The summed E-state index contributed by atoms with van der Waals surface area (Å²) in [6, 6.07) is 11.2. The van der Waals surface area contributed by atoms with Crippen molar-refractivity contribution in [2.75, 3.05) is 0 Å². The maximum atomic E-state index is 9.36. The molecule has 0 unspecified atom stereocenters. The Hall–Kier alpha value is -0.550. The molecule has 0 fully saturated rings. The van der Waals surface area contributed by atoms with E-state index in [1.165, 1.54) is 0 Å². The van der Waals surface area contributed by atoms with Gasteiger partial charge in [0, 0.05) is 15.1 Å². The SMILES string of the molecule is OCc1cc(Br)cc(Br)c1OCc1ccc(Cl)cc1. The quantitative estimate of drug-likeness (QED) is 0.780. The van der Waals surface area contributed by atoms with Gasteiger partial charge in [-0.15, -0.1) is 0 Å². The van der Waals surface area contributed by atoms with Crippen molar-refractivity contribution in [3.63, 3.8) is 0 Å². The predicted octanol–water partition coefficient (Wildman–Crippen LogP) is 4.94. The van der Waals surface area contributed by atoms with Crippen LogP contribution in [0, 0.1) is 0 Å². The highest BCUT2D eigenvalue weighted by Gasteiger charge is 2.09. The zero-order chi connectivity index (χ0) is 13.8. The highest BCUT2D eigenvalue weighted by atomic mass is 79.9. The minimum atomic E-state index is -0.0754. The molecule has 0 amide bonds. The number of rotatable bonds is 4. The molecule has 2 rings (SSSR count). The normalized spacial score (nSPS) is 10.5. The summed E-state index contributed by atoms with van der Waals surface area (Å²) in [5.74, 6) is 0.653. The topological polar surface area (TPSA) is 29.5 Å². The third-order valence-corrected chi connectivity index (χ3v) is 3.85.